The van der Waals surface area contributed by atoms with Crippen LogP contribution in [0.25, 0.3) is 17.0 Å². The van der Waals surface area contributed by atoms with Gasteiger partial charge in [-0.25, -0.2) is 4.99 Å². The molecule has 4 nitrogen and oxygen atoms in total. The Balaban J connectivity index is 1.74. The Hall–Kier alpha value is -2.79. The maximum Gasteiger partial charge on any atom is 0.266 e. The van der Waals surface area contributed by atoms with Gasteiger partial charge in [0.05, 0.1) is 10.6 Å². The molecule has 0 spiro atoms. The zero-order valence-electron chi connectivity index (χ0n) is 14.7. The molecule has 1 saturated heterocycles. The van der Waals surface area contributed by atoms with Crippen LogP contribution in [0, 0.1) is 0 Å². The quantitative estimate of drug-likeness (QED) is 0.628. The Kier molecular flexibility index (Phi) is 4.39. The summed E-state index contributed by atoms with van der Waals surface area (Å²) in [5, 5.41) is 1.88. The molecule has 1 fully saturated rings. The van der Waals surface area contributed by atoms with Crippen LogP contribution in [-0.4, -0.2) is 27.1 Å². The van der Waals surface area contributed by atoms with E-state index < -0.39 is 0 Å². The van der Waals surface area contributed by atoms with E-state index in [0.29, 0.717) is 11.4 Å². The van der Waals surface area contributed by atoms with Gasteiger partial charge in [-0.1, -0.05) is 36.4 Å². The minimum absolute atomic E-state index is 0.0140. The van der Waals surface area contributed by atoms with Gasteiger partial charge in [0.2, 0.25) is 0 Å². The van der Waals surface area contributed by atoms with Crippen LogP contribution in [0.4, 0.5) is 5.69 Å². The summed E-state index contributed by atoms with van der Waals surface area (Å²) >= 11 is 1.44. The molecule has 1 aliphatic heterocycles. The van der Waals surface area contributed by atoms with E-state index in [1.165, 1.54) is 11.8 Å². The number of carbonyl (C=O) groups is 1. The lowest BCUT2D eigenvalue weighted by molar-refractivity contribution is -0.122. The Morgan fingerprint density at radius 3 is 2.58 bits per heavy atom. The minimum atomic E-state index is 0.0140. The Morgan fingerprint density at radius 1 is 1.08 bits per heavy atom. The minimum Gasteiger partial charge on any atom is -0.350 e. The molecule has 1 aliphatic rings. The molecule has 5 heteroatoms. The molecule has 26 heavy (non-hydrogen) atoms. The predicted molar refractivity (Wildman–Crippen MR) is 109 cm³/mol. The summed E-state index contributed by atoms with van der Waals surface area (Å²) < 4.78 is 2.09. The molecule has 0 N–H and O–H groups in total. The summed E-state index contributed by atoms with van der Waals surface area (Å²) in [6, 6.07) is 18.0. The Labute approximate surface area is 156 Å². The molecule has 0 unspecified atom stereocenters. The van der Waals surface area contributed by atoms with Crippen molar-refractivity contribution in [1.82, 2.24) is 9.47 Å². The van der Waals surface area contributed by atoms with Gasteiger partial charge in [0.25, 0.3) is 5.91 Å². The van der Waals surface area contributed by atoms with Crippen LogP contribution in [0.2, 0.25) is 0 Å². The second-order valence-electron chi connectivity index (χ2n) is 6.10. The molecule has 1 aromatic heterocycles. The highest BCUT2D eigenvalue weighted by Crippen LogP contribution is 2.35. The standard InChI is InChI=1S/C21H19N3OS/c1-3-24-20(25)19(26-21(24)22-16-9-5-4-6-10-16)13-15-14-23(2)18-12-8-7-11-17(15)18/h4-14H,3H2,1-2H3/b19-13-,22-21?. The summed E-state index contributed by atoms with van der Waals surface area (Å²) in [4.78, 5) is 19.9. The molecule has 0 atom stereocenters. The van der Waals surface area contributed by atoms with E-state index in [4.69, 9.17) is 0 Å². The summed E-state index contributed by atoms with van der Waals surface area (Å²) in [7, 11) is 2.02. The van der Waals surface area contributed by atoms with E-state index in [1.54, 1.807) is 4.90 Å². The van der Waals surface area contributed by atoms with Gasteiger partial charge in [-0.15, -0.1) is 0 Å². The Morgan fingerprint density at radius 2 is 1.81 bits per heavy atom. The fraction of sp³-hybridized carbons (Fsp3) is 0.143. The van der Waals surface area contributed by atoms with Gasteiger partial charge in [-0.05, 0) is 43.0 Å². The van der Waals surface area contributed by atoms with Crippen molar-refractivity contribution >= 4 is 45.5 Å². The van der Waals surface area contributed by atoms with Crippen LogP contribution in [-0.2, 0) is 11.8 Å². The lowest BCUT2D eigenvalue weighted by Crippen LogP contribution is -2.28. The van der Waals surface area contributed by atoms with E-state index in [9.17, 15) is 4.79 Å². The number of benzene rings is 2. The number of amidine groups is 1. The molecule has 130 valence electrons. The van der Waals surface area contributed by atoms with Crippen molar-refractivity contribution in [2.24, 2.45) is 12.0 Å². The van der Waals surface area contributed by atoms with Crippen molar-refractivity contribution in [2.45, 2.75) is 6.92 Å². The molecule has 2 heterocycles. The van der Waals surface area contributed by atoms with Crippen molar-refractivity contribution in [3.05, 3.63) is 71.3 Å². The number of para-hydroxylation sites is 2. The third kappa shape index (κ3) is 2.95. The highest BCUT2D eigenvalue weighted by atomic mass is 32.2. The van der Waals surface area contributed by atoms with E-state index in [1.807, 2.05) is 62.5 Å². The maximum absolute atomic E-state index is 12.8. The zero-order chi connectivity index (χ0) is 18.1. The maximum atomic E-state index is 12.8. The first-order chi connectivity index (χ1) is 12.7. The molecular formula is C21H19N3OS. The number of fused-ring (bicyclic) bond motifs is 1. The van der Waals surface area contributed by atoms with Gasteiger partial charge in [-0.3, -0.25) is 9.69 Å². The molecule has 0 aliphatic carbocycles. The van der Waals surface area contributed by atoms with Gasteiger partial charge < -0.3 is 4.57 Å². The van der Waals surface area contributed by atoms with E-state index >= 15 is 0 Å². The summed E-state index contributed by atoms with van der Waals surface area (Å²) in [5.74, 6) is 0.0140. The number of rotatable bonds is 3. The largest absolute Gasteiger partial charge is 0.350 e. The van der Waals surface area contributed by atoms with Gasteiger partial charge in [0.1, 0.15) is 0 Å². The molecule has 0 saturated carbocycles. The first-order valence-electron chi connectivity index (χ1n) is 8.56. The molecular weight excluding hydrogens is 342 g/mol. The van der Waals surface area contributed by atoms with Gasteiger partial charge in [0, 0.05) is 36.3 Å². The normalized spacial score (nSPS) is 17.8. The first kappa shape index (κ1) is 16.7. The number of thioether (sulfide) groups is 1. The Bertz CT molecular complexity index is 1030. The van der Waals surface area contributed by atoms with Crippen LogP contribution >= 0.6 is 11.8 Å². The molecule has 0 bridgehead atoms. The lowest BCUT2D eigenvalue weighted by atomic mass is 10.1. The summed E-state index contributed by atoms with van der Waals surface area (Å²) in [5.41, 5.74) is 3.06. The molecule has 1 amide bonds. The summed E-state index contributed by atoms with van der Waals surface area (Å²) in [6.07, 6.45) is 4.04. The average Bonchev–Trinajstić information content (AvgIpc) is 3.13. The highest BCUT2D eigenvalue weighted by Gasteiger charge is 2.32. The summed E-state index contributed by atoms with van der Waals surface area (Å²) in [6.45, 7) is 2.57. The topological polar surface area (TPSA) is 37.6 Å². The van der Waals surface area contributed by atoms with E-state index in [2.05, 4.69) is 27.9 Å². The second-order valence-corrected chi connectivity index (χ2v) is 7.11. The third-order valence-corrected chi connectivity index (χ3v) is 5.41. The smallest absolute Gasteiger partial charge is 0.266 e. The van der Waals surface area contributed by atoms with Gasteiger partial charge >= 0.3 is 0 Å². The van der Waals surface area contributed by atoms with Crippen molar-refractivity contribution < 1.29 is 4.79 Å². The van der Waals surface area contributed by atoms with Crippen molar-refractivity contribution in [3.8, 4) is 0 Å². The van der Waals surface area contributed by atoms with Gasteiger partial charge in [0.15, 0.2) is 5.17 Å². The molecule has 4 rings (SSSR count). The number of amides is 1. The van der Waals surface area contributed by atoms with Crippen molar-refractivity contribution in [1.29, 1.82) is 0 Å². The predicted octanol–water partition coefficient (Wildman–Crippen LogP) is 4.80. The number of aromatic nitrogens is 1. The number of aliphatic imine (C=N–C) groups is 1. The second kappa shape index (κ2) is 6.84. The van der Waals surface area contributed by atoms with Crippen molar-refractivity contribution in [2.75, 3.05) is 6.54 Å². The third-order valence-electron chi connectivity index (χ3n) is 4.40. The number of nitrogens with zero attached hydrogens (tertiary/aromatic N) is 3. The van der Waals surface area contributed by atoms with Crippen LogP contribution < -0.4 is 0 Å². The number of hydrogen-bond donors (Lipinski definition) is 0. The number of likely N-dealkylation sites (N-methyl/N-ethyl adjacent to an activating group) is 1. The zero-order valence-corrected chi connectivity index (χ0v) is 15.5. The SMILES string of the molecule is CCN1C(=O)/C(=C/c2cn(C)c3ccccc23)SC1=Nc1ccccc1. The molecule has 3 aromatic rings. The van der Waals surface area contributed by atoms with Gasteiger partial charge in [-0.2, -0.15) is 0 Å². The van der Waals surface area contributed by atoms with E-state index in [-0.39, 0.29) is 5.91 Å². The first-order valence-corrected chi connectivity index (χ1v) is 9.38. The monoisotopic (exact) mass is 361 g/mol. The van der Waals surface area contributed by atoms with Crippen LogP contribution in [0.1, 0.15) is 12.5 Å². The number of carbonyl (C=O) groups excluding carboxylic acids is 1. The van der Waals surface area contributed by atoms with E-state index in [0.717, 1.165) is 27.3 Å². The average molecular weight is 361 g/mol. The van der Waals surface area contributed by atoms with Crippen molar-refractivity contribution in [3.63, 3.8) is 0 Å². The molecule has 0 radical (unpaired) electrons. The van der Waals surface area contributed by atoms with Crippen LogP contribution in [0.5, 0.6) is 0 Å². The highest BCUT2D eigenvalue weighted by molar-refractivity contribution is 8.18. The van der Waals surface area contributed by atoms with Crippen LogP contribution in [0.15, 0.2) is 70.7 Å². The fourth-order valence-electron chi connectivity index (χ4n) is 3.11. The fourth-order valence-corrected chi connectivity index (χ4v) is 4.17. The molecule has 2 aromatic carbocycles. The number of hydrogen-bond acceptors (Lipinski definition) is 3. The van der Waals surface area contributed by atoms with Crippen LogP contribution in [0.3, 0.4) is 0 Å². The number of aryl methyl sites for hydroxylation is 1. The lowest BCUT2D eigenvalue weighted by Gasteiger charge is -2.11.